The molecule has 220 valence electrons. The molecule has 8 nitrogen and oxygen atoms in total. The van der Waals surface area contributed by atoms with Gasteiger partial charge in [-0.05, 0) is 50.7 Å². The van der Waals surface area contributed by atoms with E-state index in [2.05, 4.69) is 25.5 Å². The van der Waals surface area contributed by atoms with Gasteiger partial charge in [-0.15, -0.1) is 0 Å². The highest BCUT2D eigenvalue weighted by Crippen LogP contribution is 2.42. The van der Waals surface area contributed by atoms with Gasteiger partial charge < -0.3 is 20.1 Å². The molecule has 5 heterocycles. The van der Waals surface area contributed by atoms with Gasteiger partial charge in [0.05, 0.1) is 11.6 Å². The minimum Gasteiger partial charge on any atom is -0.474 e. The topological polar surface area (TPSA) is 84.4 Å². The number of pyridine rings is 1. The van der Waals surface area contributed by atoms with Gasteiger partial charge in [-0.3, -0.25) is 4.90 Å². The van der Waals surface area contributed by atoms with Crippen molar-refractivity contribution < 1.29 is 18.3 Å². The zero-order valence-electron chi connectivity index (χ0n) is 23.4. The van der Waals surface area contributed by atoms with Gasteiger partial charge in [0.1, 0.15) is 35.2 Å². The number of alkyl halides is 1. The fraction of sp³-hybridized carbons (Fsp3) is 0.452. The molecule has 0 saturated carbocycles. The first-order valence-electron chi connectivity index (χ1n) is 14.6. The van der Waals surface area contributed by atoms with Crippen LogP contribution in [0.4, 0.5) is 14.6 Å². The van der Waals surface area contributed by atoms with Gasteiger partial charge in [0.2, 0.25) is 5.88 Å². The Hall–Kier alpha value is -3.34. The lowest BCUT2D eigenvalue weighted by Crippen LogP contribution is -2.43. The number of aromatic nitrogens is 3. The number of hydrogen-bond acceptors (Lipinski definition) is 8. The van der Waals surface area contributed by atoms with E-state index in [9.17, 15) is 4.39 Å². The van der Waals surface area contributed by atoms with Crippen LogP contribution in [0.3, 0.4) is 0 Å². The second-order valence-electron chi connectivity index (χ2n) is 11.6. The molecule has 0 radical (unpaired) electrons. The number of benzene rings is 2. The Morgan fingerprint density at radius 3 is 2.86 bits per heavy atom. The Balaban J connectivity index is 1.39. The van der Waals surface area contributed by atoms with E-state index >= 15 is 4.39 Å². The lowest BCUT2D eigenvalue weighted by Gasteiger charge is -2.30. The molecule has 0 amide bonds. The Morgan fingerprint density at radius 2 is 1.98 bits per heavy atom. The van der Waals surface area contributed by atoms with Gasteiger partial charge in [-0.25, -0.2) is 13.8 Å². The second kappa shape index (κ2) is 11.1. The van der Waals surface area contributed by atoms with Crippen LogP contribution in [0.1, 0.15) is 32.6 Å². The summed E-state index contributed by atoms with van der Waals surface area (Å²) in [6.45, 7) is 5.44. The van der Waals surface area contributed by atoms with Crippen molar-refractivity contribution in [2.75, 3.05) is 44.6 Å². The maximum atomic E-state index is 16.7. The van der Waals surface area contributed by atoms with Gasteiger partial charge in [-0.1, -0.05) is 41.9 Å². The Morgan fingerprint density at radius 1 is 1.12 bits per heavy atom. The molecule has 3 atom stereocenters. The van der Waals surface area contributed by atoms with E-state index in [4.69, 9.17) is 26.1 Å². The monoisotopic (exact) mass is 594 g/mol. The van der Waals surface area contributed by atoms with Gasteiger partial charge >= 0.3 is 6.01 Å². The number of nitrogens with zero attached hydrogens (tertiary/aromatic N) is 4. The standard InChI is InChI=1S/C31H33ClF2N6O2/c1-18-9-11-35-12-13-36-28-24-27(38-30(39-28)41-17-31-10-4-14-40(31)16-20(33)15-31)25(34)26(37-29(24)42-18)21-7-2-5-19-6-3-8-22(32)23(19)21/h2-3,5-8,18,20,35H,4,9-17H2,1H3,(H,36,38,39)/t18-,20+,31-/m0/s1. The average Bonchev–Trinajstić information content (AvgIpc) is 3.49. The summed E-state index contributed by atoms with van der Waals surface area (Å²) in [7, 11) is 0. The van der Waals surface area contributed by atoms with Crippen LogP contribution in [-0.2, 0) is 0 Å². The highest BCUT2D eigenvalue weighted by Gasteiger charge is 2.49. The van der Waals surface area contributed by atoms with E-state index in [1.807, 2.05) is 31.2 Å². The highest BCUT2D eigenvalue weighted by molar-refractivity contribution is 6.36. The molecule has 0 aliphatic carbocycles. The molecular weight excluding hydrogens is 562 g/mol. The molecule has 7 rings (SSSR count). The fourth-order valence-corrected chi connectivity index (χ4v) is 6.95. The van der Waals surface area contributed by atoms with E-state index in [-0.39, 0.29) is 41.4 Å². The normalized spacial score (nSPS) is 24.7. The number of hydrogen-bond donors (Lipinski definition) is 2. The van der Waals surface area contributed by atoms with Crippen molar-refractivity contribution in [3.05, 3.63) is 47.2 Å². The van der Waals surface area contributed by atoms with Crippen LogP contribution in [0, 0.1) is 5.82 Å². The van der Waals surface area contributed by atoms with Crippen LogP contribution in [0.2, 0.25) is 5.02 Å². The molecule has 3 aliphatic rings. The molecule has 2 aromatic heterocycles. The summed E-state index contributed by atoms with van der Waals surface area (Å²) < 4.78 is 43.6. The van der Waals surface area contributed by atoms with Crippen LogP contribution in [0.25, 0.3) is 32.9 Å². The minimum absolute atomic E-state index is 0.0300. The van der Waals surface area contributed by atoms with Crippen molar-refractivity contribution in [1.82, 2.24) is 25.2 Å². The SMILES string of the molecule is C[C@H]1CCNCCNc2nc(OC[C@@]34CCCN3C[C@H](F)C4)nc3c(F)c(-c4cccc5cccc(Cl)c45)nc(c23)O1. The molecule has 0 unspecified atom stereocenters. The maximum Gasteiger partial charge on any atom is 0.319 e. The molecule has 11 heteroatoms. The largest absolute Gasteiger partial charge is 0.474 e. The van der Waals surface area contributed by atoms with E-state index in [0.717, 1.165) is 37.7 Å². The summed E-state index contributed by atoms with van der Waals surface area (Å²) in [5, 5.41) is 9.11. The van der Waals surface area contributed by atoms with Crippen LogP contribution < -0.4 is 20.1 Å². The van der Waals surface area contributed by atoms with E-state index < -0.39 is 12.0 Å². The number of fused-ring (bicyclic) bond motifs is 2. The van der Waals surface area contributed by atoms with Crippen LogP contribution in [-0.4, -0.2) is 77.0 Å². The number of halogens is 3. The quantitative estimate of drug-likeness (QED) is 0.308. The Labute approximate surface area is 247 Å². The zero-order chi connectivity index (χ0) is 28.8. The smallest absolute Gasteiger partial charge is 0.319 e. The van der Waals surface area contributed by atoms with Crippen molar-refractivity contribution in [2.45, 2.75) is 50.4 Å². The van der Waals surface area contributed by atoms with Crippen LogP contribution in [0.5, 0.6) is 11.9 Å². The second-order valence-corrected chi connectivity index (χ2v) is 12.0. The molecule has 0 spiro atoms. The van der Waals surface area contributed by atoms with Crippen molar-refractivity contribution in [2.24, 2.45) is 0 Å². The van der Waals surface area contributed by atoms with E-state index in [1.54, 1.807) is 12.1 Å². The third-order valence-electron chi connectivity index (χ3n) is 8.71. The average molecular weight is 595 g/mol. The fourth-order valence-electron chi connectivity index (χ4n) is 6.67. The maximum absolute atomic E-state index is 16.7. The Bertz CT molecular complexity index is 1650. The summed E-state index contributed by atoms with van der Waals surface area (Å²) in [4.78, 5) is 16.2. The number of ether oxygens (including phenoxy) is 2. The molecule has 0 bridgehead atoms. The molecule has 2 aromatic carbocycles. The van der Waals surface area contributed by atoms with Gasteiger partial charge in [0.15, 0.2) is 5.82 Å². The van der Waals surface area contributed by atoms with Gasteiger partial charge in [0.25, 0.3) is 0 Å². The predicted octanol–water partition coefficient (Wildman–Crippen LogP) is 5.77. The third kappa shape index (κ3) is 4.89. The molecule has 2 fully saturated rings. The lowest BCUT2D eigenvalue weighted by atomic mass is 9.95. The summed E-state index contributed by atoms with van der Waals surface area (Å²) in [6, 6.07) is 11.2. The lowest BCUT2D eigenvalue weighted by molar-refractivity contribution is 0.107. The van der Waals surface area contributed by atoms with Crippen molar-refractivity contribution in [1.29, 1.82) is 0 Å². The minimum atomic E-state index is -0.883. The van der Waals surface area contributed by atoms with Crippen LogP contribution >= 0.6 is 11.6 Å². The van der Waals surface area contributed by atoms with Crippen LogP contribution in [0.15, 0.2) is 36.4 Å². The first-order valence-corrected chi connectivity index (χ1v) is 15.0. The third-order valence-corrected chi connectivity index (χ3v) is 9.02. The highest BCUT2D eigenvalue weighted by atomic mass is 35.5. The van der Waals surface area contributed by atoms with E-state index in [1.165, 1.54) is 0 Å². The molecule has 4 aromatic rings. The summed E-state index contributed by atoms with van der Waals surface area (Å²) in [5.74, 6) is 0.00182. The number of anilines is 1. The molecule has 2 N–H and O–H groups in total. The first-order chi connectivity index (χ1) is 20.4. The molecular formula is C31H33ClF2N6O2. The molecule has 42 heavy (non-hydrogen) atoms. The van der Waals surface area contributed by atoms with Gasteiger partial charge in [-0.2, -0.15) is 9.97 Å². The Kier molecular flexibility index (Phi) is 7.24. The number of rotatable bonds is 4. The van der Waals surface area contributed by atoms with Gasteiger partial charge in [0, 0.05) is 42.0 Å². The summed E-state index contributed by atoms with van der Waals surface area (Å²) in [6.07, 6.45) is 1.90. The molecule has 2 saturated heterocycles. The molecule has 3 aliphatic heterocycles. The van der Waals surface area contributed by atoms with Crippen molar-refractivity contribution in [3.63, 3.8) is 0 Å². The number of nitrogens with one attached hydrogen (secondary N) is 2. The predicted molar refractivity (Wildman–Crippen MR) is 160 cm³/mol. The summed E-state index contributed by atoms with van der Waals surface area (Å²) in [5.41, 5.74) is 0.279. The first kappa shape index (κ1) is 27.5. The van der Waals surface area contributed by atoms with Crippen molar-refractivity contribution in [3.8, 4) is 23.1 Å². The van der Waals surface area contributed by atoms with Crippen molar-refractivity contribution >= 4 is 39.1 Å². The summed E-state index contributed by atoms with van der Waals surface area (Å²) >= 11 is 6.63. The van der Waals surface area contributed by atoms with E-state index in [0.29, 0.717) is 53.2 Å². The zero-order valence-corrected chi connectivity index (χ0v) is 24.2.